The summed E-state index contributed by atoms with van der Waals surface area (Å²) < 4.78 is 3.04. The van der Waals surface area contributed by atoms with Crippen LogP contribution in [0.5, 0.6) is 0 Å². The van der Waals surface area contributed by atoms with E-state index < -0.39 is 0 Å². The monoisotopic (exact) mass is 442 g/mol. The third-order valence-corrected chi connectivity index (χ3v) is 6.19. The predicted octanol–water partition coefficient (Wildman–Crippen LogP) is 1.12. The highest BCUT2D eigenvalue weighted by Gasteiger charge is 2.38. The molecule has 0 bridgehead atoms. The second-order valence-corrected chi connectivity index (χ2v) is 7.84. The summed E-state index contributed by atoms with van der Waals surface area (Å²) in [4.78, 5) is 13.6. The molecule has 3 heterocycles. The van der Waals surface area contributed by atoms with Gasteiger partial charge in [0.1, 0.15) is 21.3 Å². The lowest BCUT2D eigenvalue weighted by Gasteiger charge is -2.46. The van der Waals surface area contributed by atoms with Gasteiger partial charge in [0, 0.05) is 50.5 Å². The van der Waals surface area contributed by atoms with Gasteiger partial charge in [0.15, 0.2) is 5.82 Å². The Morgan fingerprint density at radius 1 is 1.29 bits per heavy atom. The van der Waals surface area contributed by atoms with Crippen molar-refractivity contribution >= 4 is 33.9 Å². The number of fused-ring (bicyclic) bond motifs is 1. The molecule has 1 saturated carbocycles. The number of rotatable bonds is 3. The SMILES string of the molecule is CC(O)N1CCN(C2CC(c3nc(I)c4c(N)nccn34)C2)CC1. The van der Waals surface area contributed by atoms with E-state index in [9.17, 15) is 5.11 Å². The fourth-order valence-corrected chi connectivity index (χ4v) is 4.69. The van der Waals surface area contributed by atoms with Crippen LogP contribution in [-0.2, 0) is 0 Å². The zero-order chi connectivity index (χ0) is 16.8. The van der Waals surface area contributed by atoms with E-state index in [1.807, 2.05) is 13.1 Å². The quantitative estimate of drug-likeness (QED) is 0.694. The van der Waals surface area contributed by atoms with Gasteiger partial charge in [-0.2, -0.15) is 0 Å². The number of nitrogens with zero attached hydrogens (tertiary/aromatic N) is 5. The minimum atomic E-state index is -0.335. The molecule has 1 aliphatic heterocycles. The summed E-state index contributed by atoms with van der Waals surface area (Å²) in [5.41, 5.74) is 6.93. The summed E-state index contributed by atoms with van der Waals surface area (Å²) in [6, 6.07) is 0.635. The van der Waals surface area contributed by atoms with E-state index in [0.29, 0.717) is 17.8 Å². The van der Waals surface area contributed by atoms with E-state index in [1.54, 1.807) is 6.20 Å². The molecule has 4 rings (SSSR count). The Morgan fingerprint density at radius 2 is 2.00 bits per heavy atom. The summed E-state index contributed by atoms with van der Waals surface area (Å²) in [6.45, 7) is 5.83. The predicted molar refractivity (Wildman–Crippen MR) is 101 cm³/mol. The van der Waals surface area contributed by atoms with Crippen molar-refractivity contribution in [3.63, 3.8) is 0 Å². The van der Waals surface area contributed by atoms with Crippen LogP contribution in [0.1, 0.15) is 31.5 Å². The Morgan fingerprint density at radius 3 is 2.67 bits per heavy atom. The zero-order valence-corrected chi connectivity index (χ0v) is 15.9. The molecule has 1 atom stereocenters. The van der Waals surface area contributed by atoms with Gasteiger partial charge >= 0.3 is 0 Å². The summed E-state index contributed by atoms with van der Waals surface area (Å²) in [5, 5.41) is 9.67. The van der Waals surface area contributed by atoms with Crippen molar-refractivity contribution in [2.75, 3.05) is 31.9 Å². The summed E-state index contributed by atoms with van der Waals surface area (Å²) >= 11 is 2.24. The maximum absolute atomic E-state index is 9.67. The van der Waals surface area contributed by atoms with E-state index in [4.69, 9.17) is 10.7 Å². The van der Waals surface area contributed by atoms with Crippen LogP contribution in [0.2, 0.25) is 0 Å². The van der Waals surface area contributed by atoms with Crippen molar-refractivity contribution in [3.8, 4) is 0 Å². The highest BCUT2D eigenvalue weighted by atomic mass is 127. The summed E-state index contributed by atoms with van der Waals surface area (Å²) in [5.74, 6) is 2.15. The first-order valence-electron chi connectivity index (χ1n) is 8.48. The lowest BCUT2D eigenvalue weighted by atomic mass is 9.78. The number of hydrogen-bond donors (Lipinski definition) is 2. The molecular weight excluding hydrogens is 419 g/mol. The second kappa shape index (κ2) is 6.40. The largest absolute Gasteiger partial charge is 0.382 e. The Bertz CT molecular complexity index is 733. The molecule has 2 aliphatic rings. The highest BCUT2D eigenvalue weighted by Crippen LogP contribution is 2.40. The molecule has 0 radical (unpaired) electrons. The van der Waals surface area contributed by atoms with Crippen LogP contribution < -0.4 is 5.73 Å². The van der Waals surface area contributed by atoms with Gasteiger partial charge in [-0.25, -0.2) is 9.97 Å². The number of aliphatic hydroxyl groups excluding tert-OH is 1. The van der Waals surface area contributed by atoms with Crippen molar-refractivity contribution in [2.24, 2.45) is 0 Å². The number of nitrogens with two attached hydrogens (primary N) is 1. The van der Waals surface area contributed by atoms with Gasteiger partial charge in [0.2, 0.25) is 0 Å². The first-order valence-corrected chi connectivity index (χ1v) is 9.56. The number of anilines is 1. The number of halogens is 1. The Labute approximate surface area is 155 Å². The molecule has 7 nitrogen and oxygen atoms in total. The third kappa shape index (κ3) is 2.79. The van der Waals surface area contributed by atoms with Crippen LogP contribution in [0.25, 0.3) is 5.52 Å². The maximum atomic E-state index is 9.67. The first kappa shape index (κ1) is 16.5. The molecule has 2 aromatic heterocycles. The molecule has 0 aromatic carbocycles. The van der Waals surface area contributed by atoms with E-state index >= 15 is 0 Å². The van der Waals surface area contributed by atoms with E-state index in [1.165, 1.54) is 0 Å². The van der Waals surface area contributed by atoms with E-state index in [-0.39, 0.29) is 6.23 Å². The van der Waals surface area contributed by atoms with Crippen molar-refractivity contribution in [3.05, 3.63) is 21.9 Å². The summed E-state index contributed by atoms with van der Waals surface area (Å²) in [7, 11) is 0. The molecule has 1 unspecified atom stereocenters. The fourth-order valence-electron chi connectivity index (χ4n) is 3.90. The normalized spacial score (nSPS) is 27.3. The van der Waals surface area contributed by atoms with Crippen molar-refractivity contribution in [1.29, 1.82) is 0 Å². The van der Waals surface area contributed by atoms with Crippen molar-refractivity contribution < 1.29 is 5.11 Å². The Hall–Kier alpha value is -0.970. The second-order valence-electron chi connectivity index (χ2n) is 6.82. The third-order valence-electron chi connectivity index (χ3n) is 5.44. The van der Waals surface area contributed by atoms with Crippen LogP contribution >= 0.6 is 22.6 Å². The lowest BCUT2D eigenvalue weighted by molar-refractivity contribution is -0.0318. The molecule has 2 aromatic rings. The molecular formula is C16H23IN6O. The van der Waals surface area contributed by atoms with Gasteiger partial charge in [0.05, 0.1) is 0 Å². The number of nitrogen functional groups attached to an aromatic ring is 1. The van der Waals surface area contributed by atoms with Gasteiger partial charge in [-0.15, -0.1) is 0 Å². The van der Waals surface area contributed by atoms with Crippen LogP contribution in [0, 0.1) is 3.70 Å². The minimum Gasteiger partial charge on any atom is -0.382 e. The lowest BCUT2D eigenvalue weighted by Crippen LogP contribution is -2.55. The average molecular weight is 442 g/mol. The molecule has 1 aliphatic carbocycles. The molecule has 8 heteroatoms. The van der Waals surface area contributed by atoms with Gasteiger partial charge in [-0.3, -0.25) is 14.2 Å². The number of aromatic nitrogens is 3. The molecule has 130 valence electrons. The highest BCUT2D eigenvalue weighted by molar-refractivity contribution is 14.1. The molecule has 2 fully saturated rings. The van der Waals surface area contributed by atoms with Gasteiger partial charge in [-0.05, 0) is 42.4 Å². The molecule has 3 N–H and O–H groups in total. The van der Waals surface area contributed by atoms with Gasteiger partial charge in [-0.1, -0.05) is 0 Å². The molecule has 0 spiro atoms. The van der Waals surface area contributed by atoms with Gasteiger partial charge < -0.3 is 10.8 Å². The van der Waals surface area contributed by atoms with E-state index in [2.05, 4.69) is 41.8 Å². The first-order chi connectivity index (χ1) is 11.5. The topological polar surface area (TPSA) is 82.9 Å². The fraction of sp³-hybridized carbons (Fsp3) is 0.625. The van der Waals surface area contributed by atoms with Crippen molar-refractivity contribution in [1.82, 2.24) is 24.2 Å². The van der Waals surface area contributed by atoms with Gasteiger partial charge in [0.25, 0.3) is 0 Å². The van der Waals surface area contributed by atoms with Crippen LogP contribution in [0.4, 0.5) is 5.82 Å². The minimum absolute atomic E-state index is 0.335. The van der Waals surface area contributed by atoms with E-state index in [0.717, 1.165) is 54.1 Å². The number of piperazine rings is 1. The molecule has 0 amide bonds. The Kier molecular flexibility index (Phi) is 4.40. The number of aliphatic hydroxyl groups is 1. The summed E-state index contributed by atoms with van der Waals surface area (Å²) in [6.07, 6.45) is 5.66. The molecule has 24 heavy (non-hydrogen) atoms. The number of imidazole rings is 1. The van der Waals surface area contributed by atoms with Crippen molar-refractivity contribution in [2.45, 2.75) is 38.0 Å². The molecule has 1 saturated heterocycles. The average Bonchev–Trinajstić information content (AvgIpc) is 2.85. The van der Waals surface area contributed by atoms with Crippen LogP contribution in [0.3, 0.4) is 0 Å². The zero-order valence-electron chi connectivity index (χ0n) is 13.8. The maximum Gasteiger partial charge on any atom is 0.150 e. The van der Waals surface area contributed by atoms with Crippen LogP contribution in [-0.4, -0.2) is 67.7 Å². The van der Waals surface area contributed by atoms with Crippen LogP contribution in [0.15, 0.2) is 12.4 Å². The standard InChI is InChI=1S/C16H23IN6O/c1-10(24)21-4-6-22(7-5-21)12-8-11(9-12)16-20-14(17)13-15(18)19-2-3-23(13)16/h2-3,10-12,24H,4-9H2,1H3,(H2,18,19). The Balaban J connectivity index is 1.43. The number of hydrogen-bond acceptors (Lipinski definition) is 6. The smallest absolute Gasteiger partial charge is 0.150 e.